The summed E-state index contributed by atoms with van der Waals surface area (Å²) in [6, 6.07) is 9.24. The van der Waals surface area contributed by atoms with E-state index in [1.807, 2.05) is 25.1 Å². The molecular formula is C27H36ClN3O5. The maximum absolute atomic E-state index is 10.7. The molecule has 196 valence electrons. The monoisotopic (exact) mass is 517 g/mol. The molecule has 0 aliphatic carbocycles. The van der Waals surface area contributed by atoms with Crippen LogP contribution in [0.25, 0.3) is 16.7 Å². The summed E-state index contributed by atoms with van der Waals surface area (Å²) in [5.41, 5.74) is 3.78. The number of unbranched alkanes of at least 4 members (excludes halogenated alkanes) is 5. The summed E-state index contributed by atoms with van der Waals surface area (Å²) in [7, 11) is 0. The molecular weight excluding hydrogens is 482 g/mol. The van der Waals surface area contributed by atoms with E-state index >= 15 is 0 Å². The smallest absolute Gasteiger partial charge is 0.303 e. The lowest BCUT2D eigenvalue weighted by Gasteiger charge is -2.22. The first-order chi connectivity index (χ1) is 16.9. The number of benzene rings is 2. The summed E-state index contributed by atoms with van der Waals surface area (Å²) < 4.78 is 0. The molecule has 1 heterocycles. The largest absolute Gasteiger partial charge is 0.505 e. The summed E-state index contributed by atoms with van der Waals surface area (Å²) in [5.74, 6) is -1.27. The second-order valence-electron chi connectivity index (χ2n) is 9.96. The Labute approximate surface area is 216 Å². The molecule has 0 aliphatic heterocycles. The zero-order valence-electron chi connectivity index (χ0n) is 21.4. The number of hydrogen-bond acceptors (Lipinski definition) is 5. The van der Waals surface area contributed by atoms with Gasteiger partial charge in [-0.2, -0.15) is 0 Å². The minimum Gasteiger partial charge on any atom is -0.505 e. The second-order valence-corrected chi connectivity index (χ2v) is 10.4. The van der Waals surface area contributed by atoms with Gasteiger partial charge in [0.2, 0.25) is 0 Å². The van der Waals surface area contributed by atoms with E-state index in [9.17, 15) is 14.7 Å². The van der Waals surface area contributed by atoms with Crippen LogP contribution in [0.3, 0.4) is 0 Å². The number of halogens is 1. The van der Waals surface area contributed by atoms with Crippen molar-refractivity contribution in [2.24, 2.45) is 0 Å². The molecule has 0 amide bonds. The van der Waals surface area contributed by atoms with Crippen LogP contribution in [-0.2, 0) is 15.0 Å². The van der Waals surface area contributed by atoms with Crippen molar-refractivity contribution in [1.82, 2.24) is 15.0 Å². The van der Waals surface area contributed by atoms with Gasteiger partial charge in [0.05, 0.1) is 0 Å². The molecule has 3 N–H and O–H groups in total. The highest BCUT2D eigenvalue weighted by molar-refractivity contribution is 6.31. The number of aryl methyl sites for hydroxylation is 1. The van der Waals surface area contributed by atoms with Crippen LogP contribution in [0.2, 0.25) is 5.02 Å². The third-order valence-corrected chi connectivity index (χ3v) is 5.87. The van der Waals surface area contributed by atoms with Gasteiger partial charge in [-0.05, 0) is 55.0 Å². The van der Waals surface area contributed by atoms with Crippen molar-refractivity contribution in [3.63, 3.8) is 0 Å². The van der Waals surface area contributed by atoms with Gasteiger partial charge in [-0.15, -0.1) is 15.0 Å². The zero-order chi connectivity index (χ0) is 26.9. The molecule has 0 saturated heterocycles. The summed E-state index contributed by atoms with van der Waals surface area (Å²) in [6.07, 6.45) is 5.82. The SMILES string of the molecule is Cc1cc(-n2nc3ccc(Cl)cc3n2)c(O)c(C(C)(C)C)c1.O=C(O)CCCCCCCCC(=O)O. The van der Waals surface area contributed by atoms with E-state index in [-0.39, 0.29) is 24.0 Å². The Morgan fingerprint density at radius 3 is 1.92 bits per heavy atom. The minimum atomic E-state index is -0.740. The molecule has 8 nitrogen and oxygen atoms in total. The highest BCUT2D eigenvalue weighted by Crippen LogP contribution is 2.36. The number of hydrogen-bond donors (Lipinski definition) is 3. The van der Waals surface area contributed by atoms with E-state index in [2.05, 4.69) is 31.0 Å². The number of aromatic hydroxyl groups is 1. The Kier molecular flexibility index (Phi) is 10.7. The average molecular weight is 518 g/mol. The molecule has 9 heteroatoms. The number of rotatable bonds is 10. The molecule has 3 aromatic rings. The second kappa shape index (κ2) is 13.3. The van der Waals surface area contributed by atoms with Crippen molar-refractivity contribution >= 4 is 34.6 Å². The Morgan fingerprint density at radius 2 is 1.39 bits per heavy atom. The van der Waals surface area contributed by atoms with Crippen LogP contribution in [0, 0.1) is 6.92 Å². The first-order valence-corrected chi connectivity index (χ1v) is 12.6. The maximum Gasteiger partial charge on any atom is 0.303 e. The summed E-state index contributed by atoms with van der Waals surface area (Å²) in [4.78, 5) is 21.8. The van der Waals surface area contributed by atoms with Crippen molar-refractivity contribution in [1.29, 1.82) is 0 Å². The highest BCUT2D eigenvalue weighted by atomic mass is 35.5. The van der Waals surface area contributed by atoms with Gasteiger partial charge in [0.1, 0.15) is 22.5 Å². The molecule has 0 spiro atoms. The summed E-state index contributed by atoms with van der Waals surface area (Å²) >= 11 is 5.99. The fourth-order valence-corrected chi connectivity index (χ4v) is 3.91. The Balaban J connectivity index is 0.000000284. The van der Waals surface area contributed by atoms with Crippen LogP contribution >= 0.6 is 11.6 Å². The van der Waals surface area contributed by atoms with Crippen LogP contribution in [-0.4, -0.2) is 42.3 Å². The molecule has 0 unspecified atom stereocenters. The number of aromatic nitrogens is 3. The molecule has 3 rings (SSSR count). The van der Waals surface area contributed by atoms with Gasteiger partial charge in [0.25, 0.3) is 0 Å². The lowest BCUT2D eigenvalue weighted by molar-refractivity contribution is -0.138. The van der Waals surface area contributed by atoms with Crippen LogP contribution < -0.4 is 0 Å². The summed E-state index contributed by atoms with van der Waals surface area (Å²) in [6.45, 7) is 8.20. The Bertz CT molecular complexity index is 1160. The van der Waals surface area contributed by atoms with Gasteiger partial charge >= 0.3 is 11.9 Å². The van der Waals surface area contributed by atoms with Crippen LogP contribution in [0.1, 0.15) is 83.3 Å². The maximum atomic E-state index is 10.7. The molecule has 0 radical (unpaired) electrons. The van der Waals surface area contributed by atoms with Crippen molar-refractivity contribution in [2.45, 2.75) is 84.5 Å². The third-order valence-electron chi connectivity index (χ3n) is 5.63. The molecule has 0 saturated carbocycles. The minimum absolute atomic E-state index is 0.166. The molecule has 36 heavy (non-hydrogen) atoms. The Hall–Kier alpha value is -3.13. The van der Waals surface area contributed by atoms with Gasteiger partial charge in [0, 0.05) is 23.4 Å². The molecule has 1 aromatic heterocycles. The van der Waals surface area contributed by atoms with Crippen molar-refractivity contribution in [2.75, 3.05) is 0 Å². The number of nitrogens with zero attached hydrogens (tertiary/aromatic N) is 3. The highest BCUT2D eigenvalue weighted by Gasteiger charge is 2.22. The van der Waals surface area contributed by atoms with Gasteiger partial charge in [-0.1, -0.05) is 64.1 Å². The lowest BCUT2D eigenvalue weighted by atomic mass is 9.85. The standard InChI is InChI=1S/C17H18ClN3O.C10H18O4/c1-10-7-12(17(2,3)4)16(22)15(8-10)21-19-13-6-5-11(18)9-14(13)20-21;11-9(12)7-5-3-1-2-4-6-8-10(13)14/h5-9,22H,1-4H3;1-8H2,(H,11,12)(H,13,14). The van der Waals surface area contributed by atoms with E-state index in [0.717, 1.165) is 55.2 Å². The van der Waals surface area contributed by atoms with Crippen LogP contribution in [0.4, 0.5) is 0 Å². The lowest BCUT2D eigenvalue weighted by Crippen LogP contribution is -2.13. The Morgan fingerprint density at radius 1 is 0.861 bits per heavy atom. The zero-order valence-corrected chi connectivity index (χ0v) is 22.2. The number of phenols is 1. The van der Waals surface area contributed by atoms with Gasteiger partial charge in [-0.25, -0.2) is 0 Å². The predicted molar refractivity (Wildman–Crippen MR) is 141 cm³/mol. The fraction of sp³-hybridized carbons (Fsp3) is 0.481. The number of fused-ring (bicyclic) bond motifs is 1. The van der Waals surface area contributed by atoms with Crippen molar-refractivity contribution in [3.8, 4) is 11.4 Å². The first-order valence-electron chi connectivity index (χ1n) is 12.2. The van der Waals surface area contributed by atoms with Crippen LogP contribution in [0.5, 0.6) is 5.75 Å². The van der Waals surface area contributed by atoms with E-state index in [4.69, 9.17) is 21.8 Å². The van der Waals surface area contributed by atoms with Crippen molar-refractivity contribution < 1.29 is 24.9 Å². The quantitative estimate of drug-likeness (QED) is 0.256. The van der Waals surface area contributed by atoms with Gasteiger partial charge in [-0.3, -0.25) is 9.59 Å². The number of carboxylic acid groups (broad SMARTS) is 2. The van der Waals surface area contributed by atoms with E-state index < -0.39 is 11.9 Å². The molecule has 0 aliphatic rings. The first kappa shape index (κ1) is 29.1. The fourth-order valence-electron chi connectivity index (χ4n) is 3.74. The number of aliphatic carboxylic acids is 2. The predicted octanol–water partition coefficient (Wildman–Crippen LogP) is 6.66. The van der Waals surface area contributed by atoms with Crippen LogP contribution in [0.15, 0.2) is 30.3 Å². The normalized spacial score (nSPS) is 11.2. The molecule has 0 fully saturated rings. The van der Waals surface area contributed by atoms with E-state index in [1.54, 1.807) is 12.1 Å². The van der Waals surface area contributed by atoms with E-state index in [0.29, 0.717) is 16.2 Å². The number of phenolic OH excluding ortho intramolecular Hbond substituents is 1. The molecule has 0 bridgehead atoms. The topological polar surface area (TPSA) is 126 Å². The van der Waals surface area contributed by atoms with Gasteiger partial charge in [0.15, 0.2) is 0 Å². The molecule has 0 atom stereocenters. The molecule has 2 aromatic carbocycles. The van der Waals surface area contributed by atoms with Gasteiger partial charge < -0.3 is 15.3 Å². The van der Waals surface area contributed by atoms with E-state index in [1.165, 1.54) is 4.80 Å². The summed E-state index contributed by atoms with van der Waals surface area (Å²) in [5, 5.41) is 36.8. The number of carboxylic acids is 2. The third kappa shape index (κ3) is 9.15. The number of carbonyl (C=O) groups is 2. The average Bonchev–Trinajstić information content (AvgIpc) is 3.19. The van der Waals surface area contributed by atoms with Crippen molar-refractivity contribution in [3.05, 3.63) is 46.5 Å².